The van der Waals surface area contributed by atoms with Crippen molar-refractivity contribution >= 4 is 34.9 Å². The first-order chi connectivity index (χ1) is 11.1. The molecule has 3 rings (SSSR count). The number of anilines is 1. The topological polar surface area (TPSA) is 48.7 Å². The zero-order valence-electron chi connectivity index (χ0n) is 12.5. The van der Waals surface area contributed by atoms with Crippen LogP contribution in [0, 0.1) is 0 Å². The van der Waals surface area contributed by atoms with Gasteiger partial charge in [-0.25, -0.2) is 4.79 Å². The number of benzene rings is 1. The zero-order valence-corrected chi connectivity index (χ0v) is 14.0. The van der Waals surface area contributed by atoms with Gasteiger partial charge in [0.1, 0.15) is 5.76 Å². The molecule has 1 fully saturated rings. The summed E-state index contributed by atoms with van der Waals surface area (Å²) < 4.78 is 5.20. The third-order valence-corrected chi connectivity index (χ3v) is 4.36. The Morgan fingerprint density at radius 3 is 2.65 bits per heavy atom. The number of urea groups is 1. The summed E-state index contributed by atoms with van der Waals surface area (Å²) in [6.07, 6.45) is 1.59. The molecule has 0 unspecified atom stereocenters. The Labute approximate surface area is 144 Å². The van der Waals surface area contributed by atoms with Gasteiger partial charge in [-0.2, -0.15) is 0 Å². The van der Waals surface area contributed by atoms with Gasteiger partial charge in [0.25, 0.3) is 0 Å². The summed E-state index contributed by atoms with van der Waals surface area (Å²) in [4.78, 5) is 16.1. The summed E-state index contributed by atoms with van der Waals surface area (Å²) in [5.41, 5.74) is 0.912. The van der Waals surface area contributed by atoms with Gasteiger partial charge in [-0.3, -0.25) is 0 Å². The third kappa shape index (κ3) is 3.92. The first kappa shape index (κ1) is 16.0. The molecule has 1 saturated heterocycles. The van der Waals surface area contributed by atoms with E-state index in [0.717, 1.165) is 11.4 Å². The van der Waals surface area contributed by atoms with E-state index in [1.54, 1.807) is 29.4 Å². The van der Waals surface area contributed by atoms with E-state index in [1.165, 1.54) is 0 Å². The molecule has 122 valence electrons. The number of nitrogens with zero attached hydrogens (tertiary/aromatic N) is 2. The van der Waals surface area contributed by atoms with Gasteiger partial charge in [0.05, 0.1) is 23.5 Å². The highest BCUT2D eigenvalue weighted by Crippen LogP contribution is 2.29. The van der Waals surface area contributed by atoms with E-state index in [1.807, 2.05) is 12.1 Å². The quantitative estimate of drug-likeness (QED) is 0.916. The Balaban J connectivity index is 1.53. The minimum absolute atomic E-state index is 0.0850. The number of rotatable bonds is 3. The smallest absolute Gasteiger partial charge is 0.317 e. The molecule has 0 atom stereocenters. The molecule has 2 heterocycles. The van der Waals surface area contributed by atoms with Crippen LogP contribution in [-0.2, 0) is 6.54 Å². The molecule has 1 aliphatic heterocycles. The number of furan rings is 1. The van der Waals surface area contributed by atoms with Crippen LogP contribution >= 0.6 is 23.2 Å². The van der Waals surface area contributed by atoms with Crippen molar-refractivity contribution in [3.8, 4) is 0 Å². The fourth-order valence-corrected chi connectivity index (χ4v) is 2.97. The van der Waals surface area contributed by atoms with E-state index in [4.69, 9.17) is 27.6 Å². The maximum absolute atomic E-state index is 12.2. The maximum atomic E-state index is 12.2. The number of carbonyl (C=O) groups is 1. The molecule has 0 saturated carbocycles. The van der Waals surface area contributed by atoms with E-state index >= 15 is 0 Å². The van der Waals surface area contributed by atoms with Crippen molar-refractivity contribution in [3.05, 3.63) is 52.4 Å². The van der Waals surface area contributed by atoms with Crippen LogP contribution in [0.25, 0.3) is 0 Å². The second-order valence-corrected chi connectivity index (χ2v) is 6.15. The van der Waals surface area contributed by atoms with Gasteiger partial charge < -0.3 is 19.5 Å². The number of piperazine rings is 1. The number of halogens is 2. The molecule has 2 amide bonds. The molecule has 0 radical (unpaired) electrons. The molecule has 0 spiro atoms. The van der Waals surface area contributed by atoms with Gasteiger partial charge in [0, 0.05) is 31.2 Å². The zero-order chi connectivity index (χ0) is 16.2. The highest BCUT2D eigenvalue weighted by Gasteiger charge is 2.22. The minimum Gasteiger partial charge on any atom is -0.467 e. The Bertz CT molecular complexity index is 668. The van der Waals surface area contributed by atoms with Gasteiger partial charge >= 0.3 is 6.03 Å². The molecule has 2 aromatic rings. The Morgan fingerprint density at radius 2 is 1.96 bits per heavy atom. The molecule has 7 heteroatoms. The number of nitrogens with one attached hydrogen (secondary N) is 1. The molecule has 1 aromatic heterocycles. The molecule has 0 bridgehead atoms. The monoisotopic (exact) mass is 353 g/mol. The highest BCUT2D eigenvalue weighted by atomic mass is 35.5. The average molecular weight is 354 g/mol. The lowest BCUT2D eigenvalue weighted by molar-refractivity contribution is 0.193. The van der Waals surface area contributed by atoms with Crippen LogP contribution in [0.2, 0.25) is 10.0 Å². The lowest BCUT2D eigenvalue weighted by atomic mass is 10.2. The lowest BCUT2D eigenvalue weighted by Gasteiger charge is -2.36. The first-order valence-corrected chi connectivity index (χ1v) is 8.14. The van der Waals surface area contributed by atoms with Gasteiger partial charge in [-0.15, -0.1) is 0 Å². The Morgan fingerprint density at radius 1 is 1.17 bits per heavy atom. The van der Waals surface area contributed by atoms with Crippen LogP contribution in [0.5, 0.6) is 0 Å². The van der Waals surface area contributed by atoms with E-state index in [0.29, 0.717) is 42.8 Å². The molecule has 1 aromatic carbocycles. The fourth-order valence-electron chi connectivity index (χ4n) is 2.57. The average Bonchev–Trinajstić information content (AvgIpc) is 3.08. The number of amides is 2. The second-order valence-electron chi connectivity index (χ2n) is 5.31. The predicted octanol–water partition coefficient (Wildman–Crippen LogP) is 3.62. The second kappa shape index (κ2) is 7.15. The van der Waals surface area contributed by atoms with Crippen molar-refractivity contribution in [2.45, 2.75) is 6.54 Å². The highest BCUT2D eigenvalue weighted by molar-refractivity contribution is 6.35. The van der Waals surface area contributed by atoms with Gasteiger partial charge in [-0.05, 0) is 30.3 Å². The maximum Gasteiger partial charge on any atom is 0.317 e. The normalized spacial score (nSPS) is 14.9. The molecule has 1 N–H and O–H groups in total. The molecule has 23 heavy (non-hydrogen) atoms. The van der Waals surface area contributed by atoms with Crippen molar-refractivity contribution in [2.75, 3.05) is 31.1 Å². The minimum atomic E-state index is -0.0850. The number of hydrogen-bond donors (Lipinski definition) is 1. The first-order valence-electron chi connectivity index (χ1n) is 7.38. The van der Waals surface area contributed by atoms with Gasteiger partial charge in [0.2, 0.25) is 0 Å². The van der Waals surface area contributed by atoms with E-state index < -0.39 is 0 Å². The van der Waals surface area contributed by atoms with Gasteiger partial charge in [0.15, 0.2) is 0 Å². The van der Waals surface area contributed by atoms with E-state index in [-0.39, 0.29) is 6.03 Å². The molecule has 5 nitrogen and oxygen atoms in total. The summed E-state index contributed by atoms with van der Waals surface area (Å²) in [5.74, 6) is 0.739. The lowest BCUT2D eigenvalue weighted by Crippen LogP contribution is -2.51. The van der Waals surface area contributed by atoms with Crippen LogP contribution in [0.4, 0.5) is 10.5 Å². The summed E-state index contributed by atoms with van der Waals surface area (Å²) in [5, 5.41) is 4.18. The molecular formula is C16H17Cl2N3O2. The summed E-state index contributed by atoms with van der Waals surface area (Å²) >= 11 is 12.3. The van der Waals surface area contributed by atoms with Crippen LogP contribution in [-0.4, -0.2) is 37.1 Å². The van der Waals surface area contributed by atoms with Crippen molar-refractivity contribution in [3.63, 3.8) is 0 Å². The summed E-state index contributed by atoms with van der Waals surface area (Å²) in [6, 6.07) is 8.97. The summed E-state index contributed by atoms with van der Waals surface area (Å²) in [6.45, 7) is 3.09. The Kier molecular flexibility index (Phi) is 4.98. The SMILES string of the molecule is O=C(NCc1ccco1)N1CCN(c2cc(Cl)ccc2Cl)CC1. The Hall–Kier alpha value is -1.85. The van der Waals surface area contributed by atoms with E-state index in [2.05, 4.69) is 10.2 Å². The van der Waals surface area contributed by atoms with Crippen molar-refractivity contribution in [2.24, 2.45) is 0 Å². The van der Waals surface area contributed by atoms with Crippen LogP contribution in [0.15, 0.2) is 41.0 Å². The summed E-state index contributed by atoms with van der Waals surface area (Å²) in [7, 11) is 0. The van der Waals surface area contributed by atoms with Crippen LogP contribution < -0.4 is 10.2 Å². The third-order valence-electron chi connectivity index (χ3n) is 3.81. The van der Waals surface area contributed by atoms with Crippen molar-refractivity contribution in [1.29, 1.82) is 0 Å². The van der Waals surface area contributed by atoms with Gasteiger partial charge in [-0.1, -0.05) is 23.2 Å². The number of hydrogen-bond acceptors (Lipinski definition) is 3. The molecule has 1 aliphatic rings. The molecule has 0 aliphatic carbocycles. The van der Waals surface area contributed by atoms with Crippen LogP contribution in [0.1, 0.15) is 5.76 Å². The largest absolute Gasteiger partial charge is 0.467 e. The van der Waals surface area contributed by atoms with Crippen molar-refractivity contribution in [1.82, 2.24) is 10.2 Å². The predicted molar refractivity (Wildman–Crippen MR) is 91.2 cm³/mol. The van der Waals surface area contributed by atoms with E-state index in [9.17, 15) is 4.79 Å². The van der Waals surface area contributed by atoms with Crippen LogP contribution in [0.3, 0.4) is 0 Å². The molecular weight excluding hydrogens is 337 g/mol. The fraction of sp³-hybridized carbons (Fsp3) is 0.312. The number of carbonyl (C=O) groups excluding carboxylic acids is 1. The van der Waals surface area contributed by atoms with Crippen molar-refractivity contribution < 1.29 is 9.21 Å². The standard InChI is InChI=1S/C16H17Cl2N3O2/c17-12-3-4-14(18)15(10-12)20-5-7-21(8-6-20)16(22)19-11-13-2-1-9-23-13/h1-4,9-10H,5-8,11H2,(H,19,22).